The maximum absolute atomic E-state index is 13.6. The second-order valence-corrected chi connectivity index (χ2v) is 4.92. The predicted octanol–water partition coefficient (Wildman–Crippen LogP) is 3.46. The van der Waals surface area contributed by atoms with Crippen molar-refractivity contribution in [3.8, 4) is 5.75 Å². The first-order valence-corrected chi connectivity index (χ1v) is 6.54. The molecule has 0 unspecified atom stereocenters. The van der Waals surface area contributed by atoms with Crippen LogP contribution in [0.1, 0.15) is 16.7 Å². The summed E-state index contributed by atoms with van der Waals surface area (Å²) in [6, 6.07) is 9.53. The maximum atomic E-state index is 13.6. The van der Waals surface area contributed by atoms with E-state index in [1.807, 2.05) is 6.92 Å². The van der Waals surface area contributed by atoms with Gasteiger partial charge in [-0.1, -0.05) is 35.0 Å². The van der Waals surface area contributed by atoms with Gasteiger partial charge in [0.15, 0.2) is 17.4 Å². The van der Waals surface area contributed by atoms with E-state index in [0.717, 1.165) is 5.56 Å². The minimum atomic E-state index is -0.426. The third-order valence-electron chi connectivity index (χ3n) is 2.93. The van der Waals surface area contributed by atoms with Crippen molar-refractivity contribution >= 4 is 17.4 Å². The average Bonchev–Trinajstić information content (AvgIpc) is 2.48. The predicted molar refractivity (Wildman–Crippen MR) is 79.4 cm³/mol. The van der Waals surface area contributed by atoms with Crippen LogP contribution in [0.2, 0.25) is 5.02 Å². The summed E-state index contributed by atoms with van der Waals surface area (Å²) < 4.78 is 19.0. The van der Waals surface area contributed by atoms with E-state index in [4.69, 9.17) is 27.3 Å². The SMILES string of the molecule is Cc1ccc(F)c(OCc2ccc(/C(N)=N/O)cc2Cl)c1. The molecule has 0 spiro atoms. The van der Waals surface area contributed by atoms with E-state index in [2.05, 4.69) is 5.16 Å². The molecule has 0 aliphatic rings. The molecule has 110 valence electrons. The molecule has 0 aliphatic carbocycles. The summed E-state index contributed by atoms with van der Waals surface area (Å²) in [5.41, 5.74) is 7.54. The van der Waals surface area contributed by atoms with Crippen LogP contribution >= 0.6 is 11.6 Å². The van der Waals surface area contributed by atoms with Crippen LogP contribution in [0.3, 0.4) is 0 Å². The van der Waals surface area contributed by atoms with E-state index in [0.29, 0.717) is 16.1 Å². The van der Waals surface area contributed by atoms with Crippen LogP contribution < -0.4 is 10.5 Å². The summed E-state index contributed by atoms with van der Waals surface area (Å²) in [5, 5.41) is 11.9. The van der Waals surface area contributed by atoms with E-state index in [1.165, 1.54) is 6.07 Å². The molecule has 21 heavy (non-hydrogen) atoms. The standard InChI is InChI=1S/C15H14ClFN2O2/c1-9-2-5-13(17)14(6-9)21-8-11-4-3-10(7-12(11)16)15(18)19-20/h2-7,20H,8H2,1H3,(H2,18,19). The zero-order valence-electron chi connectivity index (χ0n) is 11.3. The molecule has 4 nitrogen and oxygen atoms in total. The van der Waals surface area contributed by atoms with Gasteiger partial charge in [-0.25, -0.2) is 4.39 Å². The number of oxime groups is 1. The van der Waals surface area contributed by atoms with Crippen LogP contribution in [-0.2, 0) is 6.61 Å². The Morgan fingerprint density at radius 3 is 2.76 bits per heavy atom. The minimum Gasteiger partial charge on any atom is -0.486 e. The van der Waals surface area contributed by atoms with Crippen molar-refractivity contribution in [1.29, 1.82) is 0 Å². The normalized spacial score (nSPS) is 11.5. The van der Waals surface area contributed by atoms with Gasteiger partial charge in [-0.05, 0) is 30.7 Å². The molecule has 0 bridgehead atoms. The van der Waals surface area contributed by atoms with Crippen molar-refractivity contribution in [2.75, 3.05) is 0 Å². The smallest absolute Gasteiger partial charge is 0.170 e. The topological polar surface area (TPSA) is 67.8 Å². The summed E-state index contributed by atoms with van der Waals surface area (Å²) in [5.74, 6) is -0.286. The lowest BCUT2D eigenvalue weighted by Gasteiger charge is -2.10. The molecule has 0 radical (unpaired) electrons. The van der Waals surface area contributed by atoms with Crippen LogP contribution in [0, 0.1) is 12.7 Å². The molecular formula is C15H14ClFN2O2. The number of ether oxygens (including phenoxy) is 1. The lowest BCUT2D eigenvalue weighted by molar-refractivity contribution is 0.290. The molecule has 3 N–H and O–H groups in total. The molecular weight excluding hydrogens is 295 g/mol. The highest BCUT2D eigenvalue weighted by molar-refractivity contribution is 6.31. The second kappa shape index (κ2) is 6.45. The molecule has 0 atom stereocenters. The molecule has 0 saturated carbocycles. The molecule has 0 saturated heterocycles. The van der Waals surface area contributed by atoms with Gasteiger partial charge in [0.25, 0.3) is 0 Å². The number of hydrogen-bond acceptors (Lipinski definition) is 3. The van der Waals surface area contributed by atoms with Gasteiger partial charge in [-0.2, -0.15) is 0 Å². The van der Waals surface area contributed by atoms with Gasteiger partial charge in [-0.3, -0.25) is 0 Å². The van der Waals surface area contributed by atoms with Gasteiger partial charge in [0.05, 0.1) is 0 Å². The molecule has 2 aromatic rings. The molecule has 2 aromatic carbocycles. The fourth-order valence-corrected chi connectivity index (χ4v) is 1.99. The van der Waals surface area contributed by atoms with Gasteiger partial charge in [0.1, 0.15) is 6.61 Å². The van der Waals surface area contributed by atoms with E-state index in [1.54, 1.807) is 30.3 Å². The minimum absolute atomic E-state index is 0.0332. The first kappa shape index (κ1) is 15.1. The zero-order valence-corrected chi connectivity index (χ0v) is 12.1. The Morgan fingerprint density at radius 1 is 1.33 bits per heavy atom. The highest BCUT2D eigenvalue weighted by Gasteiger charge is 2.08. The number of rotatable bonds is 4. The van der Waals surface area contributed by atoms with Crippen molar-refractivity contribution in [3.63, 3.8) is 0 Å². The first-order valence-electron chi connectivity index (χ1n) is 6.16. The Balaban J connectivity index is 2.15. The monoisotopic (exact) mass is 308 g/mol. The van der Waals surface area contributed by atoms with E-state index in [9.17, 15) is 4.39 Å². The number of nitrogens with zero attached hydrogens (tertiary/aromatic N) is 1. The number of hydrogen-bond donors (Lipinski definition) is 2. The van der Waals surface area contributed by atoms with Crippen molar-refractivity contribution < 1.29 is 14.3 Å². The van der Waals surface area contributed by atoms with Gasteiger partial charge in [0.2, 0.25) is 0 Å². The molecule has 0 aromatic heterocycles. The Labute approximate surface area is 126 Å². The molecule has 0 fully saturated rings. The third kappa shape index (κ3) is 3.64. The molecule has 0 heterocycles. The number of nitrogens with two attached hydrogens (primary N) is 1. The number of halogens is 2. The van der Waals surface area contributed by atoms with Gasteiger partial charge in [0, 0.05) is 16.1 Å². The summed E-state index contributed by atoms with van der Waals surface area (Å²) in [6.07, 6.45) is 0. The van der Waals surface area contributed by atoms with E-state index >= 15 is 0 Å². The van der Waals surface area contributed by atoms with Crippen LogP contribution in [0.4, 0.5) is 4.39 Å². The molecule has 6 heteroatoms. The third-order valence-corrected chi connectivity index (χ3v) is 3.28. The van der Waals surface area contributed by atoms with Crippen LogP contribution in [0.5, 0.6) is 5.75 Å². The van der Waals surface area contributed by atoms with E-state index < -0.39 is 5.82 Å². The Kier molecular flexibility index (Phi) is 4.65. The van der Waals surface area contributed by atoms with Crippen molar-refractivity contribution in [3.05, 3.63) is 63.9 Å². The average molecular weight is 309 g/mol. The van der Waals surface area contributed by atoms with Crippen LogP contribution in [0.25, 0.3) is 0 Å². The van der Waals surface area contributed by atoms with Crippen molar-refractivity contribution in [2.24, 2.45) is 10.9 Å². The lowest BCUT2D eigenvalue weighted by atomic mass is 10.1. The zero-order chi connectivity index (χ0) is 15.4. The largest absolute Gasteiger partial charge is 0.486 e. The highest BCUT2D eigenvalue weighted by atomic mass is 35.5. The van der Waals surface area contributed by atoms with Gasteiger partial charge < -0.3 is 15.7 Å². The lowest BCUT2D eigenvalue weighted by Crippen LogP contribution is -2.13. The Morgan fingerprint density at radius 2 is 2.10 bits per heavy atom. The molecule has 0 amide bonds. The van der Waals surface area contributed by atoms with Crippen molar-refractivity contribution in [2.45, 2.75) is 13.5 Å². The Bertz CT molecular complexity index is 689. The summed E-state index contributed by atoms with van der Waals surface area (Å²) in [6.45, 7) is 1.97. The van der Waals surface area contributed by atoms with Crippen molar-refractivity contribution in [1.82, 2.24) is 0 Å². The number of aryl methyl sites for hydroxylation is 1. The molecule has 0 aliphatic heterocycles. The van der Waals surface area contributed by atoms with E-state index in [-0.39, 0.29) is 18.2 Å². The van der Waals surface area contributed by atoms with Crippen LogP contribution in [-0.4, -0.2) is 11.0 Å². The second-order valence-electron chi connectivity index (χ2n) is 4.51. The fourth-order valence-electron chi connectivity index (χ4n) is 1.76. The summed E-state index contributed by atoms with van der Waals surface area (Å²) >= 11 is 6.10. The fraction of sp³-hybridized carbons (Fsp3) is 0.133. The number of amidine groups is 1. The number of benzene rings is 2. The molecule has 2 rings (SSSR count). The maximum Gasteiger partial charge on any atom is 0.170 e. The Hall–Kier alpha value is -2.27. The van der Waals surface area contributed by atoms with Gasteiger partial charge >= 0.3 is 0 Å². The quantitative estimate of drug-likeness (QED) is 0.393. The first-order chi connectivity index (χ1) is 10.0. The van der Waals surface area contributed by atoms with Gasteiger partial charge in [-0.15, -0.1) is 0 Å². The highest BCUT2D eigenvalue weighted by Crippen LogP contribution is 2.23. The summed E-state index contributed by atoms with van der Waals surface area (Å²) in [7, 11) is 0. The summed E-state index contributed by atoms with van der Waals surface area (Å²) in [4.78, 5) is 0. The van der Waals surface area contributed by atoms with Crippen LogP contribution in [0.15, 0.2) is 41.6 Å².